The first-order valence-corrected chi connectivity index (χ1v) is 8.62. The second-order valence-electron chi connectivity index (χ2n) is 5.07. The van der Waals surface area contributed by atoms with Crippen molar-refractivity contribution in [3.8, 4) is 0 Å². The smallest absolute Gasteiger partial charge is 0.318 e. The van der Waals surface area contributed by atoms with Crippen LogP contribution in [0.3, 0.4) is 0 Å². The number of halogens is 4. The SMILES string of the molecule is Cc1ccc(NS(=O)(=O)c2ccc(NC(=O)C(F)(F)F)cc2)c(Cl)c1. The Hall–Kier alpha value is -2.26. The molecule has 10 heteroatoms. The van der Waals surface area contributed by atoms with E-state index in [2.05, 4.69) is 4.72 Å². The molecule has 25 heavy (non-hydrogen) atoms. The van der Waals surface area contributed by atoms with Gasteiger partial charge >= 0.3 is 12.1 Å². The molecule has 0 radical (unpaired) electrons. The molecule has 134 valence electrons. The number of anilines is 2. The van der Waals surface area contributed by atoms with E-state index in [1.165, 1.54) is 6.07 Å². The zero-order valence-corrected chi connectivity index (χ0v) is 14.3. The van der Waals surface area contributed by atoms with Gasteiger partial charge < -0.3 is 5.32 Å². The van der Waals surface area contributed by atoms with Crippen molar-refractivity contribution in [3.05, 3.63) is 53.1 Å². The molecule has 2 aromatic carbocycles. The van der Waals surface area contributed by atoms with E-state index in [0.717, 1.165) is 29.8 Å². The molecule has 0 aliphatic carbocycles. The summed E-state index contributed by atoms with van der Waals surface area (Å²) in [5, 5.41) is 1.83. The predicted octanol–water partition coefficient (Wildman–Crippen LogP) is 3.95. The van der Waals surface area contributed by atoms with Gasteiger partial charge in [0.2, 0.25) is 0 Å². The van der Waals surface area contributed by atoms with Gasteiger partial charge in [0.1, 0.15) is 0 Å². The van der Waals surface area contributed by atoms with E-state index in [9.17, 15) is 26.4 Å². The standard InChI is InChI=1S/C15H12ClF3N2O3S/c1-9-2-7-13(12(16)8-9)21-25(23,24)11-5-3-10(4-6-11)20-14(22)15(17,18)19/h2-8,21H,1H3,(H,20,22). The van der Waals surface area contributed by atoms with Crippen LogP contribution in [-0.4, -0.2) is 20.5 Å². The second kappa shape index (κ2) is 6.93. The number of carbonyl (C=O) groups is 1. The van der Waals surface area contributed by atoms with Crippen molar-refractivity contribution in [3.63, 3.8) is 0 Å². The van der Waals surface area contributed by atoms with Gasteiger partial charge in [0, 0.05) is 5.69 Å². The van der Waals surface area contributed by atoms with Crippen LogP contribution in [0.2, 0.25) is 5.02 Å². The molecular weight excluding hydrogens is 381 g/mol. The summed E-state index contributed by atoms with van der Waals surface area (Å²) in [4.78, 5) is 10.6. The van der Waals surface area contributed by atoms with Crippen LogP contribution in [-0.2, 0) is 14.8 Å². The van der Waals surface area contributed by atoms with E-state index in [1.807, 2.05) is 0 Å². The molecule has 0 bridgehead atoms. The van der Waals surface area contributed by atoms with Gasteiger partial charge in [0.25, 0.3) is 10.0 Å². The monoisotopic (exact) mass is 392 g/mol. The van der Waals surface area contributed by atoms with Crippen LogP contribution in [0, 0.1) is 6.92 Å². The quantitative estimate of drug-likeness (QED) is 0.827. The van der Waals surface area contributed by atoms with E-state index in [4.69, 9.17) is 11.6 Å². The first-order chi connectivity index (χ1) is 11.5. The fourth-order valence-corrected chi connectivity index (χ4v) is 3.24. The van der Waals surface area contributed by atoms with Crippen molar-refractivity contribution in [2.45, 2.75) is 18.0 Å². The maximum Gasteiger partial charge on any atom is 0.471 e. The Balaban J connectivity index is 2.19. The molecule has 2 rings (SSSR count). The Morgan fingerprint density at radius 2 is 1.68 bits per heavy atom. The summed E-state index contributed by atoms with van der Waals surface area (Å²) in [6.45, 7) is 1.79. The van der Waals surface area contributed by atoms with Crippen LogP contribution in [0.25, 0.3) is 0 Å². The zero-order valence-electron chi connectivity index (χ0n) is 12.7. The maximum atomic E-state index is 12.3. The summed E-state index contributed by atoms with van der Waals surface area (Å²) in [5.74, 6) is -2.15. The minimum Gasteiger partial charge on any atom is -0.318 e. The minimum atomic E-state index is -5.03. The van der Waals surface area contributed by atoms with Crippen LogP contribution in [0.5, 0.6) is 0 Å². The van der Waals surface area contributed by atoms with Crippen LogP contribution in [0.1, 0.15) is 5.56 Å². The van der Waals surface area contributed by atoms with Gasteiger partial charge in [-0.05, 0) is 48.9 Å². The van der Waals surface area contributed by atoms with Gasteiger partial charge in [0.05, 0.1) is 15.6 Å². The highest BCUT2D eigenvalue weighted by atomic mass is 35.5. The van der Waals surface area contributed by atoms with Crippen molar-refractivity contribution in [2.24, 2.45) is 0 Å². The molecule has 0 aliphatic rings. The summed E-state index contributed by atoms with van der Waals surface area (Å²) in [6.07, 6.45) is -5.03. The molecule has 0 atom stereocenters. The number of hydrogen-bond donors (Lipinski definition) is 2. The van der Waals surface area contributed by atoms with E-state index >= 15 is 0 Å². The molecule has 1 amide bonds. The largest absolute Gasteiger partial charge is 0.471 e. The van der Waals surface area contributed by atoms with Crippen molar-refractivity contribution in [2.75, 3.05) is 10.0 Å². The van der Waals surface area contributed by atoms with Gasteiger partial charge in [-0.3, -0.25) is 9.52 Å². The lowest BCUT2D eigenvalue weighted by Gasteiger charge is -2.11. The number of benzene rings is 2. The Morgan fingerprint density at radius 3 is 2.20 bits per heavy atom. The number of sulfonamides is 1. The van der Waals surface area contributed by atoms with Gasteiger partial charge in [0.15, 0.2) is 0 Å². The summed E-state index contributed by atoms with van der Waals surface area (Å²) >= 11 is 5.97. The van der Waals surface area contributed by atoms with Crippen LogP contribution < -0.4 is 10.0 Å². The molecule has 0 heterocycles. The van der Waals surface area contributed by atoms with Gasteiger partial charge in [-0.15, -0.1) is 0 Å². The first-order valence-electron chi connectivity index (χ1n) is 6.76. The Kier molecular flexibility index (Phi) is 5.28. The van der Waals surface area contributed by atoms with Gasteiger partial charge in [-0.25, -0.2) is 8.42 Å². The van der Waals surface area contributed by atoms with Crippen LogP contribution in [0.4, 0.5) is 24.5 Å². The fourth-order valence-electron chi connectivity index (χ4n) is 1.83. The number of aryl methyl sites for hydroxylation is 1. The number of carbonyl (C=O) groups excluding carboxylic acids is 1. The molecule has 0 fully saturated rings. The average Bonchev–Trinajstić information content (AvgIpc) is 2.49. The van der Waals surface area contributed by atoms with E-state index < -0.39 is 22.1 Å². The molecule has 0 saturated carbocycles. The topological polar surface area (TPSA) is 75.3 Å². The lowest BCUT2D eigenvalue weighted by Crippen LogP contribution is -2.29. The molecular formula is C15H12ClF3N2O3S. The molecule has 2 aromatic rings. The van der Waals surface area contributed by atoms with E-state index in [0.29, 0.717) is 0 Å². The summed E-state index contributed by atoms with van der Waals surface area (Å²) in [7, 11) is -3.99. The summed E-state index contributed by atoms with van der Waals surface area (Å²) < 4.78 is 63.4. The lowest BCUT2D eigenvalue weighted by molar-refractivity contribution is -0.167. The Morgan fingerprint density at radius 1 is 1.08 bits per heavy atom. The predicted molar refractivity (Wildman–Crippen MR) is 88.1 cm³/mol. The third kappa shape index (κ3) is 4.86. The molecule has 0 saturated heterocycles. The Bertz CT molecular complexity index is 897. The normalized spacial score (nSPS) is 11.9. The zero-order chi connectivity index (χ0) is 18.8. The number of alkyl halides is 3. The third-order valence-electron chi connectivity index (χ3n) is 3.05. The molecule has 2 N–H and O–H groups in total. The van der Waals surface area contributed by atoms with Crippen molar-refractivity contribution >= 4 is 38.9 Å². The fraction of sp³-hybridized carbons (Fsp3) is 0.133. The second-order valence-corrected chi connectivity index (χ2v) is 7.15. The average molecular weight is 393 g/mol. The highest BCUT2D eigenvalue weighted by molar-refractivity contribution is 7.92. The number of hydrogen-bond acceptors (Lipinski definition) is 3. The lowest BCUT2D eigenvalue weighted by atomic mass is 10.2. The number of rotatable bonds is 4. The van der Waals surface area contributed by atoms with E-state index in [-0.39, 0.29) is 21.3 Å². The van der Waals surface area contributed by atoms with Gasteiger partial charge in [-0.1, -0.05) is 17.7 Å². The molecule has 0 aromatic heterocycles. The summed E-state index contributed by atoms with van der Waals surface area (Å²) in [5.41, 5.74) is 0.828. The maximum absolute atomic E-state index is 12.3. The highest BCUT2D eigenvalue weighted by Gasteiger charge is 2.38. The molecule has 5 nitrogen and oxygen atoms in total. The van der Waals surface area contributed by atoms with Crippen molar-refractivity contribution in [1.82, 2.24) is 0 Å². The molecule has 0 spiro atoms. The van der Waals surface area contributed by atoms with Crippen LogP contribution in [0.15, 0.2) is 47.4 Å². The number of nitrogens with one attached hydrogen (secondary N) is 2. The number of amides is 1. The minimum absolute atomic E-state index is 0.168. The van der Waals surface area contributed by atoms with Crippen molar-refractivity contribution in [1.29, 1.82) is 0 Å². The first kappa shape index (κ1) is 19.1. The van der Waals surface area contributed by atoms with Crippen molar-refractivity contribution < 1.29 is 26.4 Å². The Labute approximate surface area is 146 Å². The molecule has 0 unspecified atom stereocenters. The van der Waals surface area contributed by atoms with E-state index in [1.54, 1.807) is 24.4 Å². The molecule has 0 aliphatic heterocycles. The van der Waals surface area contributed by atoms with Gasteiger partial charge in [-0.2, -0.15) is 13.2 Å². The third-order valence-corrected chi connectivity index (χ3v) is 4.74. The van der Waals surface area contributed by atoms with Crippen LogP contribution >= 0.6 is 11.6 Å². The highest BCUT2D eigenvalue weighted by Crippen LogP contribution is 2.26. The summed E-state index contributed by atoms with van der Waals surface area (Å²) in [6, 6.07) is 8.97.